The van der Waals surface area contributed by atoms with Crippen molar-refractivity contribution >= 4 is 27.9 Å². The third kappa shape index (κ3) is 6.80. The van der Waals surface area contributed by atoms with E-state index in [1.165, 1.54) is 24.4 Å². The maximum Gasteiger partial charge on any atom is 0.407 e. The molecular weight excluding hydrogens is 433 g/mol. The van der Waals surface area contributed by atoms with Gasteiger partial charge in [-0.05, 0) is 67.0 Å². The van der Waals surface area contributed by atoms with Gasteiger partial charge >= 0.3 is 6.09 Å². The van der Waals surface area contributed by atoms with Gasteiger partial charge in [-0.15, -0.1) is 0 Å². The molecule has 9 heteroatoms. The number of hydrogen-bond acceptors (Lipinski definition) is 5. The molecule has 150 valence electrons. The molecule has 0 aliphatic carbocycles. The molecule has 0 saturated carbocycles. The zero-order valence-corrected chi connectivity index (χ0v) is 17.3. The van der Waals surface area contributed by atoms with Gasteiger partial charge in [-0.1, -0.05) is 0 Å². The lowest BCUT2D eigenvalue weighted by atomic mass is 10.2. The van der Waals surface area contributed by atoms with Gasteiger partial charge in [0, 0.05) is 19.3 Å². The van der Waals surface area contributed by atoms with Crippen LogP contribution in [0.2, 0.25) is 0 Å². The summed E-state index contributed by atoms with van der Waals surface area (Å²) in [5.74, 6) is -0.448. The summed E-state index contributed by atoms with van der Waals surface area (Å²) >= 11 is 3.21. The van der Waals surface area contributed by atoms with E-state index in [9.17, 15) is 14.0 Å². The quantitative estimate of drug-likeness (QED) is 0.644. The smallest absolute Gasteiger partial charge is 0.407 e. The molecule has 2 rings (SSSR count). The van der Waals surface area contributed by atoms with Gasteiger partial charge in [-0.2, -0.15) is 0 Å². The molecule has 0 atom stereocenters. The summed E-state index contributed by atoms with van der Waals surface area (Å²) in [5.41, 5.74) is -0.389. The highest BCUT2D eigenvalue weighted by Gasteiger charge is 2.17. The lowest BCUT2D eigenvalue weighted by Crippen LogP contribution is -2.37. The Morgan fingerprint density at radius 3 is 2.57 bits per heavy atom. The van der Waals surface area contributed by atoms with E-state index >= 15 is 0 Å². The van der Waals surface area contributed by atoms with Gasteiger partial charge in [-0.3, -0.25) is 4.79 Å². The largest absolute Gasteiger partial charge is 0.444 e. The van der Waals surface area contributed by atoms with Crippen molar-refractivity contribution in [1.82, 2.24) is 15.6 Å². The van der Waals surface area contributed by atoms with Crippen molar-refractivity contribution in [2.24, 2.45) is 0 Å². The fourth-order valence-electron chi connectivity index (χ4n) is 2.06. The number of ether oxygens (including phenoxy) is 2. The van der Waals surface area contributed by atoms with Gasteiger partial charge in [0.15, 0.2) is 0 Å². The van der Waals surface area contributed by atoms with E-state index in [0.717, 1.165) is 0 Å². The minimum Gasteiger partial charge on any atom is -0.444 e. The van der Waals surface area contributed by atoms with Crippen molar-refractivity contribution in [2.75, 3.05) is 13.1 Å². The lowest BCUT2D eigenvalue weighted by molar-refractivity contribution is 0.0526. The van der Waals surface area contributed by atoms with Crippen LogP contribution in [0.15, 0.2) is 41.0 Å². The third-order valence-electron chi connectivity index (χ3n) is 3.20. The van der Waals surface area contributed by atoms with Gasteiger partial charge in [0.1, 0.15) is 22.7 Å². The van der Waals surface area contributed by atoms with E-state index in [1.54, 1.807) is 32.9 Å². The molecule has 1 heterocycles. The van der Waals surface area contributed by atoms with E-state index < -0.39 is 23.4 Å². The van der Waals surface area contributed by atoms with Crippen LogP contribution in [0.4, 0.5) is 9.18 Å². The Morgan fingerprint density at radius 2 is 1.89 bits per heavy atom. The molecule has 1 aromatic heterocycles. The topological polar surface area (TPSA) is 89.6 Å². The van der Waals surface area contributed by atoms with E-state index in [0.29, 0.717) is 10.2 Å². The molecule has 7 nitrogen and oxygen atoms in total. The number of carbonyl (C=O) groups excluding carboxylic acids is 2. The summed E-state index contributed by atoms with van der Waals surface area (Å²) in [7, 11) is 0. The van der Waals surface area contributed by atoms with Crippen molar-refractivity contribution in [3.8, 4) is 11.6 Å². The molecule has 2 amide bonds. The van der Waals surface area contributed by atoms with Crippen LogP contribution >= 0.6 is 15.9 Å². The number of alkyl carbamates (subject to hydrolysis) is 1. The molecular formula is C19H21BrFN3O4. The number of hydrogen-bond donors (Lipinski definition) is 2. The van der Waals surface area contributed by atoms with Gasteiger partial charge in [0.25, 0.3) is 5.91 Å². The maximum absolute atomic E-state index is 13.2. The molecule has 0 aliphatic rings. The predicted molar refractivity (Wildman–Crippen MR) is 105 cm³/mol. The number of nitrogens with one attached hydrogen (secondary N) is 2. The Hall–Kier alpha value is -2.68. The molecule has 0 bridgehead atoms. The minimum atomic E-state index is -0.593. The molecule has 0 radical (unpaired) electrons. The molecule has 2 N–H and O–H groups in total. The Morgan fingerprint density at radius 1 is 1.18 bits per heavy atom. The Kier molecular flexibility index (Phi) is 7.33. The second kappa shape index (κ2) is 9.50. The van der Waals surface area contributed by atoms with Crippen LogP contribution in [-0.2, 0) is 4.74 Å². The lowest BCUT2D eigenvalue weighted by Gasteiger charge is -2.19. The van der Waals surface area contributed by atoms with Crippen LogP contribution in [0.25, 0.3) is 0 Å². The summed E-state index contributed by atoms with van der Waals surface area (Å²) in [5, 5.41) is 5.21. The summed E-state index contributed by atoms with van der Waals surface area (Å²) in [6.07, 6.45) is 0.918. The van der Waals surface area contributed by atoms with Crippen molar-refractivity contribution in [3.63, 3.8) is 0 Å². The number of halogens is 2. The first kappa shape index (κ1) is 21.6. The standard InChI is InChI=1S/C19H21BrFN3O4/c1-19(2,3)28-18(26)24-10-9-22-16(25)13-5-4-8-23-17(13)27-15-7-6-12(21)11-14(15)20/h4-8,11H,9-10H2,1-3H3,(H,22,25)(H,24,26). The fourth-order valence-corrected chi connectivity index (χ4v) is 2.49. The molecule has 1 aromatic carbocycles. The molecule has 2 aromatic rings. The number of carbonyl (C=O) groups is 2. The summed E-state index contributed by atoms with van der Waals surface area (Å²) < 4.78 is 24.4. The first-order valence-corrected chi connectivity index (χ1v) is 9.28. The average molecular weight is 454 g/mol. The van der Waals surface area contributed by atoms with Crippen LogP contribution in [0.5, 0.6) is 11.6 Å². The number of pyridine rings is 1. The molecule has 0 saturated heterocycles. The van der Waals surface area contributed by atoms with Crippen molar-refractivity contribution in [1.29, 1.82) is 0 Å². The second-order valence-electron chi connectivity index (χ2n) is 6.72. The predicted octanol–water partition coefficient (Wildman–Crippen LogP) is 4.03. The zero-order valence-electron chi connectivity index (χ0n) is 15.7. The van der Waals surface area contributed by atoms with Crippen LogP contribution in [0, 0.1) is 5.82 Å². The fraction of sp³-hybridized carbons (Fsp3) is 0.316. The van der Waals surface area contributed by atoms with Gasteiger partial charge in [0.2, 0.25) is 5.88 Å². The van der Waals surface area contributed by atoms with Gasteiger partial charge in [0.05, 0.1) is 4.47 Å². The summed E-state index contributed by atoms with van der Waals surface area (Å²) in [4.78, 5) is 28.1. The van der Waals surface area contributed by atoms with Crippen LogP contribution < -0.4 is 15.4 Å². The Balaban J connectivity index is 1.94. The SMILES string of the molecule is CC(C)(C)OC(=O)NCCNC(=O)c1cccnc1Oc1ccc(F)cc1Br. The van der Waals surface area contributed by atoms with Crippen molar-refractivity contribution in [2.45, 2.75) is 26.4 Å². The molecule has 0 unspecified atom stereocenters. The van der Waals surface area contributed by atoms with Crippen LogP contribution in [-0.4, -0.2) is 35.7 Å². The highest BCUT2D eigenvalue weighted by atomic mass is 79.9. The van der Waals surface area contributed by atoms with Gasteiger partial charge < -0.3 is 20.1 Å². The first-order valence-electron chi connectivity index (χ1n) is 8.48. The highest BCUT2D eigenvalue weighted by molar-refractivity contribution is 9.10. The number of amides is 2. The van der Waals surface area contributed by atoms with Crippen LogP contribution in [0.3, 0.4) is 0 Å². The van der Waals surface area contributed by atoms with E-state index in [2.05, 4.69) is 31.5 Å². The third-order valence-corrected chi connectivity index (χ3v) is 3.81. The summed E-state index contributed by atoms with van der Waals surface area (Å²) in [6, 6.07) is 7.07. The Bertz CT molecular complexity index is 855. The normalized spacial score (nSPS) is 10.9. The molecule has 28 heavy (non-hydrogen) atoms. The number of aromatic nitrogens is 1. The van der Waals surface area contributed by atoms with E-state index in [-0.39, 0.29) is 24.5 Å². The highest BCUT2D eigenvalue weighted by Crippen LogP contribution is 2.30. The van der Waals surface area contributed by atoms with Gasteiger partial charge in [-0.25, -0.2) is 14.2 Å². The number of benzene rings is 1. The van der Waals surface area contributed by atoms with E-state index in [4.69, 9.17) is 9.47 Å². The second-order valence-corrected chi connectivity index (χ2v) is 7.57. The zero-order chi connectivity index (χ0) is 20.7. The van der Waals surface area contributed by atoms with Crippen LogP contribution in [0.1, 0.15) is 31.1 Å². The number of rotatable bonds is 6. The van der Waals surface area contributed by atoms with Crippen molar-refractivity contribution < 1.29 is 23.5 Å². The van der Waals surface area contributed by atoms with E-state index in [1.807, 2.05) is 0 Å². The molecule has 0 spiro atoms. The first-order chi connectivity index (χ1) is 13.2. The average Bonchev–Trinajstić information content (AvgIpc) is 2.60. The molecule has 0 aliphatic heterocycles. The summed E-state index contributed by atoms with van der Waals surface area (Å²) in [6.45, 7) is 5.67. The minimum absolute atomic E-state index is 0.0763. The van der Waals surface area contributed by atoms with Crippen molar-refractivity contribution in [3.05, 3.63) is 52.4 Å². The Labute approximate surface area is 170 Å². The number of nitrogens with zero attached hydrogens (tertiary/aromatic N) is 1. The maximum atomic E-state index is 13.2. The monoisotopic (exact) mass is 453 g/mol. The molecule has 0 fully saturated rings.